The Bertz CT molecular complexity index is 5260. The van der Waals surface area contributed by atoms with Gasteiger partial charge in [0.05, 0.1) is 105 Å². The number of allylic oxidation sites excluding steroid dienone is 8. The molecule has 4 aliphatic rings. The van der Waals surface area contributed by atoms with Gasteiger partial charge in [0, 0.05) is 79.6 Å². The van der Waals surface area contributed by atoms with E-state index in [4.69, 9.17) is 38.2 Å². The highest BCUT2D eigenvalue weighted by atomic mass is 32.2. The van der Waals surface area contributed by atoms with E-state index in [-0.39, 0.29) is 126 Å². The molecule has 1 aliphatic carbocycles. The summed E-state index contributed by atoms with van der Waals surface area (Å²) < 4.78 is 219. The number of phosphoric acid groups is 3. The van der Waals surface area contributed by atoms with Gasteiger partial charge in [-0.2, -0.15) is 46.9 Å². The third-order valence-electron chi connectivity index (χ3n) is 19.3. The number of rotatable bonds is 48. The summed E-state index contributed by atoms with van der Waals surface area (Å²) in [5, 5.41) is 26.5. The molecule has 0 radical (unpaired) electrons. The number of nitrogens with zero attached hydrogens (tertiary/aromatic N) is 3. The summed E-state index contributed by atoms with van der Waals surface area (Å²) in [5.41, 5.74) is 4.22. The SMILES string of the molecule is CC1(C)C(/C=C/C2=C(c3ccc(CCCCC(=O)NCCOCCOCCOCCOCCOCCC(=O)NC/C=C/c4cn([C@@H]5O[C@H](COP(=O)(O)OP(=O)(O)OP(=O)(O)O)[C@@H](O)[C@H]5O)c(=O)[nH]c4=O)cc3)C(=C/C=C3/N(CCCS(=O)(=O)O)c4ccc(S(=O)(=O)O)cc4C3(C)C)/CCC2)=[N+](CCCS(=O)(=O)O)c2ccc(S(=O)(=O)O)cc21. The molecule has 40 nitrogen and oxygen atoms in total. The smallest absolute Gasteiger partial charge is 0.387 e. The number of H-pyrrole nitrogens is 1. The van der Waals surface area contributed by atoms with Crippen molar-refractivity contribution in [1.82, 2.24) is 20.2 Å². The van der Waals surface area contributed by atoms with Crippen molar-refractivity contribution in [1.29, 1.82) is 0 Å². The molecule has 1 aromatic heterocycles. The van der Waals surface area contributed by atoms with Crippen LogP contribution in [0.3, 0.4) is 0 Å². The number of aromatic nitrogens is 2. The molecular weight excluding hydrogens is 1710 g/mol. The van der Waals surface area contributed by atoms with Crippen molar-refractivity contribution in [3.05, 3.63) is 163 Å². The molecule has 660 valence electrons. The molecule has 3 aliphatic heterocycles. The van der Waals surface area contributed by atoms with Crippen LogP contribution in [0.4, 0.5) is 11.4 Å². The second-order valence-electron chi connectivity index (χ2n) is 28.8. The molecule has 2 amide bonds. The molecule has 2 unspecified atom stereocenters. The number of aryl methyl sites for hydroxylation is 1. The normalized spacial score (nSPS) is 20.1. The quantitative estimate of drug-likeness (QED) is 0.0121. The van der Waals surface area contributed by atoms with E-state index >= 15 is 0 Å². The number of unbranched alkanes of at least 4 members (excludes halogenated alkanes) is 1. The van der Waals surface area contributed by atoms with Gasteiger partial charge in [0.25, 0.3) is 46.0 Å². The van der Waals surface area contributed by atoms with Gasteiger partial charge in [-0.05, 0) is 129 Å². The van der Waals surface area contributed by atoms with Crippen LogP contribution in [0, 0.1) is 0 Å². The van der Waals surface area contributed by atoms with Gasteiger partial charge in [0.2, 0.25) is 17.5 Å². The van der Waals surface area contributed by atoms with Crippen LogP contribution in [0.15, 0.2) is 133 Å². The Morgan fingerprint density at radius 1 is 0.647 bits per heavy atom. The number of ether oxygens (including phenoxy) is 6. The number of aliphatic hydroxyl groups is 2. The summed E-state index contributed by atoms with van der Waals surface area (Å²) in [4.78, 5) is 90.0. The molecule has 4 heterocycles. The summed E-state index contributed by atoms with van der Waals surface area (Å²) in [7, 11) is -35.1. The van der Waals surface area contributed by atoms with Crippen molar-refractivity contribution in [3.8, 4) is 0 Å². The fourth-order valence-corrected chi connectivity index (χ4v) is 18.7. The number of hydrogen-bond acceptors (Lipinski definition) is 27. The number of hydrogen-bond donors (Lipinski definition) is 13. The number of amides is 2. The van der Waals surface area contributed by atoms with Crippen molar-refractivity contribution in [2.45, 2.75) is 137 Å². The highest BCUT2D eigenvalue weighted by Crippen LogP contribution is 2.66. The Hall–Kier alpha value is -6.82. The topological polar surface area (TPSA) is 592 Å². The maximum Gasteiger partial charge on any atom is 0.490 e. The van der Waals surface area contributed by atoms with E-state index in [9.17, 15) is 105 Å². The summed E-state index contributed by atoms with van der Waals surface area (Å²) in [6.07, 6.45) is 8.09. The highest BCUT2D eigenvalue weighted by molar-refractivity contribution is 7.86. The van der Waals surface area contributed by atoms with Crippen molar-refractivity contribution in [2.24, 2.45) is 0 Å². The molecule has 4 aromatic rings. The van der Waals surface area contributed by atoms with E-state index in [1.54, 1.807) is 12.1 Å². The molecule has 119 heavy (non-hydrogen) atoms. The first-order valence-electron chi connectivity index (χ1n) is 37.4. The monoisotopic (exact) mass is 1810 g/mol. The largest absolute Gasteiger partial charge is 0.490 e. The number of carbonyl (C=O) groups excluding carboxylic acids is 2. The Balaban J connectivity index is 0.737. The fraction of sp³-hybridized carbons (Fsp3) is 0.514. The summed E-state index contributed by atoms with van der Waals surface area (Å²) >= 11 is 0. The first kappa shape index (κ1) is 97.6. The maximum absolute atomic E-state index is 12.8. The van der Waals surface area contributed by atoms with Gasteiger partial charge in [-0.1, -0.05) is 62.4 Å². The number of nitrogens with one attached hydrogen (secondary N) is 3. The van der Waals surface area contributed by atoms with Crippen molar-refractivity contribution < 1.29 is 151 Å². The third-order valence-corrected chi connectivity index (χ3v) is 26.5. The lowest BCUT2D eigenvalue weighted by Gasteiger charge is -2.27. The van der Waals surface area contributed by atoms with Gasteiger partial charge in [-0.3, -0.25) is 46.7 Å². The van der Waals surface area contributed by atoms with Crippen LogP contribution < -0.4 is 26.8 Å². The third kappa shape index (κ3) is 29.4. The molecule has 13 N–H and O–H groups in total. The summed E-state index contributed by atoms with van der Waals surface area (Å²) in [6, 6.07) is 16.5. The maximum atomic E-state index is 12.8. The average Bonchev–Trinajstić information content (AvgIpc) is 1.59. The Morgan fingerprint density at radius 3 is 1.85 bits per heavy atom. The number of phosphoric ester groups is 1. The molecule has 0 saturated carbocycles. The minimum atomic E-state index is -5.87. The number of aliphatic hydroxyl groups excluding tert-OH is 2. The van der Waals surface area contributed by atoms with Crippen LogP contribution in [-0.2, 0) is 123 Å². The van der Waals surface area contributed by atoms with Crippen molar-refractivity contribution >= 4 is 104 Å². The number of anilines is 1. The highest BCUT2D eigenvalue weighted by Gasteiger charge is 2.49. The minimum absolute atomic E-state index is 0.0140. The lowest BCUT2D eigenvalue weighted by atomic mass is 9.79. The van der Waals surface area contributed by atoms with Gasteiger partial charge < -0.3 is 73.7 Å². The van der Waals surface area contributed by atoms with Crippen molar-refractivity contribution in [2.75, 3.05) is 115 Å². The minimum Gasteiger partial charge on any atom is -0.387 e. The molecule has 8 rings (SSSR count). The molecule has 1 saturated heterocycles. The number of benzene rings is 3. The zero-order chi connectivity index (χ0) is 87.5. The fourth-order valence-electron chi connectivity index (χ4n) is 13.7. The van der Waals surface area contributed by atoms with E-state index in [0.29, 0.717) is 90.2 Å². The Morgan fingerprint density at radius 2 is 1.24 bits per heavy atom. The number of carbonyl (C=O) groups is 2. The summed E-state index contributed by atoms with van der Waals surface area (Å²) in [5.74, 6) is -1.62. The van der Waals surface area contributed by atoms with Crippen molar-refractivity contribution in [3.63, 3.8) is 0 Å². The first-order chi connectivity index (χ1) is 55.6. The van der Waals surface area contributed by atoms with Gasteiger partial charge in [-0.25, -0.2) is 18.5 Å². The molecule has 6 atom stereocenters. The molecule has 3 aromatic carbocycles. The standard InChI is InChI=1S/C72H99N6O34P3S4/c1-71(2)56-45-54(118(98,99)100)22-24-58(56)76(31-9-43-116(92,93)94)61(71)26-20-50-12-7-13-51(21-27-62-72(3,4)57-46-55(119(101,102)103)23-25-59(57)77(62)32-10-44-117(95,96)97)65(50)52-18-16-49(17-19-52)11-5-6-15-63(79)74-30-34-105-36-38-107-40-42-108-41-39-106-37-35-104-33-28-64(80)73-29-8-14-53-47-78(70(84)75-68(53)83)69-67(82)66(81)60(110-69)48-109-114(88,89)112-115(90,91)111-113(85,86)87/h8,14,16-27,45-47,60,66-67,69,81-82H,5-7,9-13,15,28-44,48H2,1-4H3,(H10-,73,74,75,79,80,83,84,85,86,87,88,89,90,91,92,93,94,95,96,97,98,99,100,101,102,103)/p+1/b14-8+/t60-,66-,67-,69-/m1/s1. The van der Waals surface area contributed by atoms with Crippen LogP contribution in [0.25, 0.3) is 11.6 Å². The molecule has 0 spiro atoms. The van der Waals surface area contributed by atoms with Gasteiger partial charge in [-0.15, -0.1) is 0 Å². The van der Waals surface area contributed by atoms with Crippen LogP contribution in [-0.4, -0.2) is 242 Å². The Kier molecular flexibility index (Phi) is 34.9. The first-order valence-corrected chi connectivity index (χ1v) is 48.0. The molecule has 47 heteroatoms. The number of aromatic amines is 1. The number of fused-ring (bicyclic) bond motifs is 2. The van der Waals surface area contributed by atoms with E-state index in [1.807, 2.05) is 90.7 Å². The second kappa shape index (κ2) is 42.5. The van der Waals surface area contributed by atoms with E-state index in [1.165, 1.54) is 36.4 Å². The Labute approximate surface area is 687 Å². The predicted molar refractivity (Wildman–Crippen MR) is 429 cm³/mol. The molecular formula is C72H100N6O34P3S4+. The molecule has 1 fully saturated rings. The second-order valence-corrected chi connectivity index (χ2v) is 39.2. The van der Waals surface area contributed by atoms with E-state index in [0.717, 1.165) is 34.0 Å². The van der Waals surface area contributed by atoms with E-state index in [2.05, 4.69) is 23.8 Å². The van der Waals surface area contributed by atoms with Crippen LogP contribution in [0.5, 0.6) is 0 Å². The zero-order valence-corrected chi connectivity index (χ0v) is 71.3. The van der Waals surface area contributed by atoms with Gasteiger partial charge in [0.1, 0.15) is 24.9 Å². The van der Waals surface area contributed by atoms with Gasteiger partial charge in [0.15, 0.2) is 11.9 Å². The predicted octanol–water partition coefficient (Wildman–Crippen LogP) is 4.86. The van der Waals surface area contributed by atoms with Crippen LogP contribution in [0.1, 0.15) is 120 Å². The average molecular weight is 1810 g/mol. The zero-order valence-electron chi connectivity index (χ0n) is 65.3. The van der Waals surface area contributed by atoms with Gasteiger partial charge >= 0.3 is 29.2 Å². The van der Waals surface area contributed by atoms with Crippen LogP contribution in [0.2, 0.25) is 0 Å². The lowest BCUT2D eigenvalue weighted by molar-refractivity contribution is -0.437. The lowest BCUT2D eigenvalue weighted by Crippen LogP contribution is -2.38. The van der Waals surface area contributed by atoms with Crippen LogP contribution >= 0.6 is 23.5 Å². The summed E-state index contributed by atoms with van der Waals surface area (Å²) in [6.45, 7) is 9.21. The van der Waals surface area contributed by atoms with E-state index < -0.39 is 135 Å². The molecule has 0 bridgehead atoms.